The first kappa shape index (κ1) is 14.5. The van der Waals surface area contributed by atoms with Crippen molar-refractivity contribution in [1.29, 1.82) is 0 Å². The summed E-state index contributed by atoms with van der Waals surface area (Å²) in [5.74, 6) is 1.34. The van der Waals surface area contributed by atoms with Crippen LogP contribution in [-0.2, 0) is 13.0 Å². The van der Waals surface area contributed by atoms with Gasteiger partial charge in [0.05, 0.1) is 11.9 Å². The highest BCUT2D eigenvalue weighted by Gasteiger charge is 2.02. The van der Waals surface area contributed by atoms with Crippen LogP contribution in [0, 0.1) is 0 Å². The predicted molar refractivity (Wildman–Crippen MR) is 79.9 cm³/mol. The fourth-order valence-electron chi connectivity index (χ4n) is 1.86. The number of aromatic nitrogens is 2. The molecule has 0 aliphatic rings. The highest BCUT2D eigenvalue weighted by Crippen LogP contribution is 2.20. The van der Waals surface area contributed by atoms with Crippen LogP contribution in [0.15, 0.2) is 36.7 Å². The van der Waals surface area contributed by atoms with Crippen LogP contribution in [0.25, 0.3) is 0 Å². The number of hydrogen-bond acceptors (Lipinski definition) is 4. The molecule has 1 aromatic heterocycles. The second-order valence-electron chi connectivity index (χ2n) is 4.63. The summed E-state index contributed by atoms with van der Waals surface area (Å²) in [6.07, 6.45) is 5.50. The lowest BCUT2D eigenvalue weighted by molar-refractivity contribution is 0.455. The molecule has 20 heavy (non-hydrogen) atoms. The van der Waals surface area contributed by atoms with Gasteiger partial charge in [-0.05, 0) is 37.1 Å². The zero-order chi connectivity index (χ0) is 14.2. The fourth-order valence-corrected chi connectivity index (χ4v) is 1.86. The van der Waals surface area contributed by atoms with E-state index in [1.165, 1.54) is 5.56 Å². The Bertz CT molecular complexity index is 543. The van der Waals surface area contributed by atoms with Crippen molar-refractivity contribution in [1.82, 2.24) is 15.3 Å². The molecule has 4 nitrogen and oxygen atoms in total. The third-order valence-corrected chi connectivity index (χ3v) is 2.92. The van der Waals surface area contributed by atoms with E-state index in [9.17, 15) is 0 Å². The van der Waals surface area contributed by atoms with E-state index in [1.807, 2.05) is 18.2 Å². The van der Waals surface area contributed by atoms with Gasteiger partial charge in [-0.25, -0.2) is 4.98 Å². The number of nitrogens with zero attached hydrogens (tertiary/aromatic N) is 2. The Balaban J connectivity index is 2.03. The van der Waals surface area contributed by atoms with Gasteiger partial charge in [0, 0.05) is 12.7 Å². The molecule has 1 heterocycles. The van der Waals surface area contributed by atoms with Gasteiger partial charge in [-0.3, -0.25) is 4.98 Å². The molecule has 0 radical (unpaired) electrons. The summed E-state index contributed by atoms with van der Waals surface area (Å²) in [4.78, 5) is 8.62. The number of ether oxygens (including phenoxy) is 1. The molecule has 106 valence electrons. The van der Waals surface area contributed by atoms with Crippen LogP contribution in [0.3, 0.4) is 0 Å². The number of aryl methyl sites for hydroxylation is 1. The highest BCUT2D eigenvalue weighted by molar-refractivity contribution is 5.31. The first-order chi connectivity index (χ1) is 9.81. The van der Waals surface area contributed by atoms with Crippen LogP contribution in [0.4, 0.5) is 0 Å². The Labute approximate surface area is 120 Å². The number of hydrogen-bond donors (Lipinski definition) is 1. The van der Waals surface area contributed by atoms with Crippen LogP contribution < -0.4 is 10.1 Å². The average Bonchev–Trinajstić information content (AvgIpc) is 2.48. The minimum atomic E-state index is 0.536. The summed E-state index contributed by atoms with van der Waals surface area (Å²) in [6.45, 7) is 5.95. The van der Waals surface area contributed by atoms with Gasteiger partial charge in [0.1, 0.15) is 5.75 Å². The molecule has 0 aliphatic carbocycles. The molecule has 1 N–H and O–H groups in total. The fraction of sp³-hybridized carbons (Fsp3) is 0.375. The Morgan fingerprint density at radius 3 is 2.90 bits per heavy atom. The van der Waals surface area contributed by atoms with E-state index in [0.717, 1.165) is 30.8 Å². The van der Waals surface area contributed by atoms with Crippen LogP contribution in [0.5, 0.6) is 11.6 Å². The summed E-state index contributed by atoms with van der Waals surface area (Å²) in [5, 5.41) is 3.30. The van der Waals surface area contributed by atoms with Crippen molar-refractivity contribution in [3.63, 3.8) is 0 Å². The molecule has 0 amide bonds. The molecule has 0 saturated carbocycles. The van der Waals surface area contributed by atoms with Gasteiger partial charge < -0.3 is 10.1 Å². The van der Waals surface area contributed by atoms with Gasteiger partial charge >= 0.3 is 0 Å². The maximum absolute atomic E-state index is 5.77. The van der Waals surface area contributed by atoms with Gasteiger partial charge in [0.2, 0.25) is 5.88 Å². The average molecular weight is 271 g/mol. The number of benzene rings is 1. The summed E-state index contributed by atoms with van der Waals surface area (Å²) < 4.78 is 5.77. The highest BCUT2D eigenvalue weighted by atomic mass is 16.5. The molecule has 1 aromatic carbocycles. The molecule has 0 aliphatic heterocycles. The van der Waals surface area contributed by atoms with Crippen molar-refractivity contribution in [3.05, 3.63) is 47.9 Å². The second-order valence-corrected chi connectivity index (χ2v) is 4.63. The van der Waals surface area contributed by atoms with Crippen molar-refractivity contribution in [2.75, 3.05) is 6.54 Å². The number of nitrogens with one attached hydrogen (secondary N) is 1. The van der Waals surface area contributed by atoms with E-state index in [0.29, 0.717) is 12.4 Å². The van der Waals surface area contributed by atoms with Gasteiger partial charge in [-0.15, -0.1) is 0 Å². The molecule has 0 spiro atoms. The summed E-state index contributed by atoms with van der Waals surface area (Å²) >= 11 is 0. The third-order valence-electron chi connectivity index (χ3n) is 2.92. The number of rotatable bonds is 7. The largest absolute Gasteiger partial charge is 0.437 e. The van der Waals surface area contributed by atoms with Gasteiger partial charge in [-0.2, -0.15) is 0 Å². The lowest BCUT2D eigenvalue weighted by atomic mass is 10.2. The minimum absolute atomic E-state index is 0.536. The van der Waals surface area contributed by atoms with Crippen molar-refractivity contribution in [3.8, 4) is 11.6 Å². The Hall–Kier alpha value is -1.94. The minimum Gasteiger partial charge on any atom is -0.437 e. The van der Waals surface area contributed by atoms with Crippen molar-refractivity contribution < 1.29 is 4.74 Å². The Kier molecular flexibility index (Phi) is 5.50. The maximum Gasteiger partial charge on any atom is 0.238 e. The monoisotopic (exact) mass is 271 g/mol. The normalized spacial score (nSPS) is 10.5. The molecule has 0 fully saturated rings. The van der Waals surface area contributed by atoms with E-state index in [1.54, 1.807) is 12.4 Å². The lowest BCUT2D eigenvalue weighted by Gasteiger charge is -2.07. The van der Waals surface area contributed by atoms with Crippen LogP contribution in [-0.4, -0.2) is 16.5 Å². The smallest absolute Gasteiger partial charge is 0.238 e. The van der Waals surface area contributed by atoms with Crippen LogP contribution in [0.2, 0.25) is 0 Å². The molecule has 2 rings (SSSR count). The topological polar surface area (TPSA) is 47.0 Å². The standard InChI is InChI=1S/C16H21N3O/c1-3-8-17-10-14-11-18-12-16(19-14)20-15-7-5-6-13(4-2)9-15/h5-7,9,11-12,17H,3-4,8,10H2,1-2H3. The molecule has 0 unspecified atom stereocenters. The quantitative estimate of drug-likeness (QED) is 0.785. The maximum atomic E-state index is 5.77. The molecule has 0 saturated heterocycles. The van der Waals surface area contributed by atoms with Crippen LogP contribution in [0.1, 0.15) is 31.5 Å². The molecule has 0 atom stereocenters. The lowest BCUT2D eigenvalue weighted by Crippen LogP contribution is -2.15. The van der Waals surface area contributed by atoms with E-state index in [2.05, 4.69) is 35.2 Å². The zero-order valence-electron chi connectivity index (χ0n) is 12.1. The molecule has 4 heteroatoms. The van der Waals surface area contributed by atoms with E-state index in [-0.39, 0.29) is 0 Å². The van der Waals surface area contributed by atoms with Gasteiger partial charge in [0.25, 0.3) is 0 Å². The Morgan fingerprint density at radius 2 is 2.10 bits per heavy atom. The van der Waals surface area contributed by atoms with E-state index < -0.39 is 0 Å². The van der Waals surface area contributed by atoms with Crippen molar-refractivity contribution in [2.24, 2.45) is 0 Å². The summed E-state index contributed by atoms with van der Waals surface area (Å²) in [7, 11) is 0. The molecule has 2 aromatic rings. The summed E-state index contributed by atoms with van der Waals surface area (Å²) in [5.41, 5.74) is 2.14. The molecular formula is C16H21N3O. The molecule has 0 bridgehead atoms. The van der Waals surface area contributed by atoms with E-state index in [4.69, 9.17) is 4.74 Å². The van der Waals surface area contributed by atoms with Crippen molar-refractivity contribution in [2.45, 2.75) is 33.2 Å². The zero-order valence-corrected chi connectivity index (χ0v) is 12.1. The van der Waals surface area contributed by atoms with Crippen molar-refractivity contribution >= 4 is 0 Å². The van der Waals surface area contributed by atoms with Gasteiger partial charge in [0.15, 0.2) is 0 Å². The summed E-state index contributed by atoms with van der Waals surface area (Å²) in [6, 6.07) is 8.05. The first-order valence-electron chi connectivity index (χ1n) is 7.10. The SMILES string of the molecule is CCCNCc1cncc(Oc2cccc(CC)c2)n1. The molecular weight excluding hydrogens is 250 g/mol. The predicted octanol–water partition coefficient (Wildman–Crippen LogP) is 3.33. The third kappa shape index (κ3) is 4.31. The van der Waals surface area contributed by atoms with E-state index >= 15 is 0 Å². The van der Waals surface area contributed by atoms with Crippen LogP contribution >= 0.6 is 0 Å². The Morgan fingerprint density at radius 1 is 1.20 bits per heavy atom. The second kappa shape index (κ2) is 7.60. The van der Waals surface area contributed by atoms with Gasteiger partial charge in [-0.1, -0.05) is 26.0 Å². The first-order valence-corrected chi connectivity index (χ1v) is 7.10.